The molecule has 0 amide bonds. The third kappa shape index (κ3) is 4.06. The molecule has 3 aliphatic heterocycles. The standard InChI is InChI=1S/C34H24N4O3P/c39-42(33-21-9-19-31(35-33)37-23-11-1-5-15-27(23)40-28-16-6-2-12-24(28)37)34-22-10-20-32(36-34)38-25-13-3-7-17-29(25)41-30-18-8-4-14-26(30)38/h1-19,21-22,32H,20H2/q+1. The van der Waals surface area contributed by atoms with Crippen LogP contribution in [0.3, 0.4) is 0 Å². The van der Waals surface area contributed by atoms with E-state index in [1.165, 1.54) is 0 Å². The first-order chi connectivity index (χ1) is 20.7. The van der Waals surface area contributed by atoms with E-state index >= 15 is 0 Å². The lowest BCUT2D eigenvalue weighted by Crippen LogP contribution is -2.33. The molecule has 3 aliphatic rings. The van der Waals surface area contributed by atoms with Gasteiger partial charge in [-0.25, -0.2) is 4.99 Å². The second kappa shape index (κ2) is 9.98. The zero-order chi connectivity index (χ0) is 28.0. The maximum Gasteiger partial charge on any atom is 0.455 e. The van der Waals surface area contributed by atoms with Gasteiger partial charge in [-0.3, -0.25) is 4.90 Å². The number of rotatable bonds is 4. The van der Waals surface area contributed by atoms with Crippen molar-refractivity contribution in [2.24, 2.45) is 4.99 Å². The number of hydrogen-bond acceptors (Lipinski definition) is 7. The van der Waals surface area contributed by atoms with E-state index in [1.807, 2.05) is 126 Å². The molecule has 0 N–H and O–H groups in total. The number of nitrogens with zero attached hydrogens (tertiary/aromatic N) is 4. The molecule has 42 heavy (non-hydrogen) atoms. The number of anilines is 5. The molecule has 0 radical (unpaired) electrons. The summed E-state index contributed by atoms with van der Waals surface area (Å²) in [6.45, 7) is 0. The van der Waals surface area contributed by atoms with Gasteiger partial charge in [0, 0.05) is 18.6 Å². The number of benzene rings is 4. The molecule has 0 saturated heterocycles. The summed E-state index contributed by atoms with van der Waals surface area (Å²) < 4.78 is 26.4. The minimum Gasteiger partial charge on any atom is -0.453 e. The van der Waals surface area contributed by atoms with Crippen molar-refractivity contribution in [2.45, 2.75) is 12.6 Å². The summed E-state index contributed by atoms with van der Waals surface area (Å²) >= 11 is 0. The van der Waals surface area contributed by atoms with Gasteiger partial charge in [0.25, 0.3) is 10.9 Å². The lowest BCUT2D eigenvalue weighted by atomic mass is 10.1. The van der Waals surface area contributed by atoms with Crippen molar-refractivity contribution in [3.63, 3.8) is 0 Å². The van der Waals surface area contributed by atoms with Crippen molar-refractivity contribution >= 4 is 47.3 Å². The number of ether oxygens (including phenoxy) is 2. The number of hydrogen-bond donors (Lipinski definition) is 0. The van der Waals surface area contributed by atoms with Crippen LogP contribution in [-0.4, -0.2) is 16.6 Å². The molecule has 0 fully saturated rings. The first kappa shape index (κ1) is 24.5. The Morgan fingerprint density at radius 3 is 1.76 bits per heavy atom. The lowest BCUT2D eigenvalue weighted by molar-refractivity contribution is 0.466. The van der Waals surface area contributed by atoms with Gasteiger partial charge in [-0.1, -0.05) is 65.2 Å². The summed E-state index contributed by atoms with van der Waals surface area (Å²) in [6.07, 6.45) is 4.29. The maximum atomic E-state index is 14.1. The molecule has 8 rings (SSSR count). The van der Waals surface area contributed by atoms with E-state index in [1.54, 1.807) is 6.07 Å². The molecule has 5 aromatic rings. The molecule has 4 heterocycles. The molecule has 0 bridgehead atoms. The summed E-state index contributed by atoms with van der Waals surface area (Å²) in [5.74, 6) is 3.68. The van der Waals surface area contributed by atoms with E-state index in [-0.39, 0.29) is 6.17 Å². The average Bonchev–Trinajstić information content (AvgIpc) is 3.05. The molecule has 8 heteroatoms. The molecule has 1 aromatic heterocycles. The quantitative estimate of drug-likeness (QED) is 0.199. The van der Waals surface area contributed by atoms with Crippen molar-refractivity contribution in [1.82, 2.24) is 4.98 Å². The van der Waals surface area contributed by atoms with Gasteiger partial charge in [0.05, 0.1) is 22.7 Å². The Kier molecular flexibility index (Phi) is 5.83. The fraction of sp³-hybridized carbons (Fsp3) is 0.0588. The van der Waals surface area contributed by atoms with Crippen molar-refractivity contribution < 1.29 is 14.0 Å². The lowest BCUT2D eigenvalue weighted by Gasteiger charge is -2.36. The number of allylic oxidation sites excluding steroid dienone is 1. The first-order valence-corrected chi connectivity index (χ1v) is 15.0. The SMILES string of the molecule is O=[P+](C1=NC(N2c3ccccc3Oc3ccccc32)CC=C1)c1cccc(N2c3ccccc3Oc3ccccc32)n1. The van der Waals surface area contributed by atoms with Crippen LogP contribution in [0, 0.1) is 0 Å². The number of fused-ring (bicyclic) bond motifs is 4. The summed E-state index contributed by atoms with van der Waals surface area (Å²) in [6, 6.07) is 37.2. The zero-order valence-electron chi connectivity index (χ0n) is 22.4. The van der Waals surface area contributed by atoms with Gasteiger partial charge in [-0.2, -0.15) is 4.98 Å². The molecular weight excluding hydrogens is 543 g/mol. The highest BCUT2D eigenvalue weighted by Crippen LogP contribution is 2.50. The molecule has 0 saturated carbocycles. The third-order valence-electron chi connectivity index (χ3n) is 7.46. The number of pyridine rings is 1. The van der Waals surface area contributed by atoms with Gasteiger partial charge >= 0.3 is 7.80 Å². The van der Waals surface area contributed by atoms with Crippen LogP contribution in [0.25, 0.3) is 0 Å². The largest absolute Gasteiger partial charge is 0.455 e. The van der Waals surface area contributed by atoms with Crippen LogP contribution >= 0.6 is 7.80 Å². The monoisotopic (exact) mass is 567 g/mol. The van der Waals surface area contributed by atoms with E-state index in [0.717, 1.165) is 45.7 Å². The Bertz CT molecular complexity index is 1850. The Hall–Kier alpha value is -5.26. The van der Waals surface area contributed by atoms with Crippen LogP contribution in [0.1, 0.15) is 6.42 Å². The Balaban J connectivity index is 1.16. The fourth-order valence-corrected chi connectivity index (χ4v) is 6.73. The second-order valence-electron chi connectivity index (χ2n) is 10.0. The molecule has 2 unspecified atom stereocenters. The van der Waals surface area contributed by atoms with Gasteiger partial charge in [0.15, 0.2) is 23.0 Å². The predicted molar refractivity (Wildman–Crippen MR) is 166 cm³/mol. The molecule has 0 spiro atoms. The fourth-order valence-electron chi connectivity index (χ4n) is 5.60. The van der Waals surface area contributed by atoms with Crippen LogP contribution in [0.15, 0.2) is 132 Å². The zero-order valence-corrected chi connectivity index (χ0v) is 23.3. The Morgan fingerprint density at radius 1 is 0.643 bits per heavy atom. The number of aliphatic imine (C=N–C) groups is 1. The first-order valence-electron chi connectivity index (χ1n) is 13.7. The number of dihydropyridines is 1. The van der Waals surface area contributed by atoms with Crippen LogP contribution in [0.4, 0.5) is 28.6 Å². The van der Waals surface area contributed by atoms with Crippen LogP contribution in [0.5, 0.6) is 23.0 Å². The molecule has 4 aromatic carbocycles. The second-order valence-corrected chi connectivity index (χ2v) is 11.5. The van der Waals surface area contributed by atoms with E-state index in [0.29, 0.717) is 23.1 Å². The topological polar surface area (TPSA) is 67.3 Å². The maximum absolute atomic E-state index is 14.1. The minimum atomic E-state index is -2.06. The minimum absolute atomic E-state index is 0.281. The van der Waals surface area contributed by atoms with Gasteiger partial charge < -0.3 is 14.4 Å². The summed E-state index contributed by atoms with van der Waals surface area (Å²) in [7, 11) is -2.06. The highest BCUT2D eigenvalue weighted by atomic mass is 31.1. The van der Waals surface area contributed by atoms with Crippen molar-refractivity contribution in [3.8, 4) is 23.0 Å². The predicted octanol–water partition coefficient (Wildman–Crippen LogP) is 8.74. The van der Waals surface area contributed by atoms with E-state index in [4.69, 9.17) is 19.5 Å². The average molecular weight is 568 g/mol. The van der Waals surface area contributed by atoms with Crippen LogP contribution in [0.2, 0.25) is 0 Å². The molecule has 2 atom stereocenters. The van der Waals surface area contributed by atoms with Crippen LogP contribution in [-0.2, 0) is 4.57 Å². The van der Waals surface area contributed by atoms with Gasteiger partial charge in [0.2, 0.25) is 0 Å². The van der Waals surface area contributed by atoms with Crippen molar-refractivity contribution in [1.29, 1.82) is 0 Å². The summed E-state index contributed by atoms with van der Waals surface area (Å²) in [5, 5.41) is 0. The van der Waals surface area contributed by atoms with Crippen molar-refractivity contribution in [2.75, 3.05) is 9.80 Å². The highest BCUT2D eigenvalue weighted by Gasteiger charge is 2.36. The Labute approximate surface area is 243 Å². The highest BCUT2D eigenvalue weighted by molar-refractivity contribution is 7.71. The summed E-state index contributed by atoms with van der Waals surface area (Å²) in [4.78, 5) is 14.2. The summed E-state index contributed by atoms with van der Waals surface area (Å²) in [5.41, 5.74) is 4.58. The van der Waals surface area contributed by atoms with E-state index in [9.17, 15) is 4.57 Å². The van der Waals surface area contributed by atoms with Gasteiger partial charge in [-0.05, 0) is 54.6 Å². The number of aromatic nitrogens is 1. The Morgan fingerprint density at radius 2 is 1.17 bits per heavy atom. The smallest absolute Gasteiger partial charge is 0.453 e. The number of para-hydroxylation sites is 8. The van der Waals surface area contributed by atoms with Gasteiger partial charge in [-0.15, -0.1) is 0 Å². The van der Waals surface area contributed by atoms with Gasteiger partial charge in [0.1, 0.15) is 12.0 Å². The van der Waals surface area contributed by atoms with E-state index < -0.39 is 7.80 Å². The normalized spacial score (nSPS) is 16.6. The van der Waals surface area contributed by atoms with Crippen molar-refractivity contribution in [3.05, 3.63) is 127 Å². The molecule has 202 valence electrons. The molecule has 7 nitrogen and oxygen atoms in total. The third-order valence-corrected chi connectivity index (χ3v) is 8.81. The molecular formula is C34H24N4O3P+. The van der Waals surface area contributed by atoms with E-state index in [2.05, 4.69) is 4.90 Å². The molecule has 0 aliphatic carbocycles. The van der Waals surface area contributed by atoms with Crippen LogP contribution < -0.4 is 24.7 Å².